The Hall–Kier alpha value is -0.610. The van der Waals surface area contributed by atoms with Gasteiger partial charge in [0.05, 0.1) is 6.61 Å². The Balaban J connectivity index is 1.90. The van der Waals surface area contributed by atoms with Crippen LogP contribution < -0.4 is 5.32 Å². The number of benzene rings is 1. The molecule has 2 rings (SSSR count). The van der Waals surface area contributed by atoms with E-state index in [0.29, 0.717) is 0 Å². The maximum Gasteiger partial charge on any atom is 0.0547 e. The Bertz CT molecular complexity index is 433. The van der Waals surface area contributed by atoms with Crippen molar-refractivity contribution < 1.29 is 4.74 Å². The first-order chi connectivity index (χ1) is 10.1. The topological polar surface area (TPSA) is 24.5 Å². The van der Waals surface area contributed by atoms with Crippen LogP contribution in [0.25, 0.3) is 0 Å². The van der Waals surface area contributed by atoms with Crippen LogP contribution in [0.15, 0.2) is 24.3 Å². The summed E-state index contributed by atoms with van der Waals surface area (Å²) in [6.45, 7) is 8.06. The van der Waals surface area contributed by atoms with Gasteiger partial charge < -0.3 is 15.0 Å². The number of halogens is 1. The normalized spacial score (nSPS) is 22.1. The van der Waals surface area contributed by atoms with Crippen LogP contribution in [0.1, 0.15) is 25.3 Å². The molecule has 1 atom stereocenters. The number of nitrogens with zero attached hydrogens (tertiary/aromatic N) is 1. The van der Waals surface area contributed by atoms with Crippen LogP contribution in [-0.2, 0) is 11.3 Å². The number of nitrogens with one attached hydrogen (secondary N) is 1. The maximum atomic E-state index is 6.06. The van der Waals surface area contributed by atoms with E-state index in [1.165, 1.54) is 12.0 Å². The molecule has 1 N–H and O–H groups in total. The smallest absolute Gasteiger partial charge is 0.0547 e. The first-order valence-electron chi connectivity index (χ1n) is 7.85. The fourth-order valence-electron chi connectivity index (χ4n) is 3.08. The second-order valence-corrected chi connectivity index (χ2v) is 6.72. The number of ether oxygens (including phenoxy) is 1. The van der Waals surface area contributed by atoms with E-state index in [1.54, 1.807) is 0 Å². The number of hydrogen-bond donors (Lipinski definition) is 1. The fraction of sp³-hybridized carbons (Fsp3) is 0.647. The third kappa shape index (κ3) is 5.26. The van der Waals surface area contributed by atoms with Gasteiger partial charge in [0.1, 0.15) is 0 Å². The van der Waals surface area contributed by atoms with Crippen molar-refractivity contribution in [3.63, 3.8) is 0 Å². The Kier molecular flexibility index (Phi) is 6.49. The molecule has 1 heterocycles. The monoisotopic (exact) mass is 310 g/mol. The third-order valence-corrected chi connectivity index (χ3v) is 4.29. The first kappa shape index (κ1) is 16.8. The van der Waals surface area contributed by atoms with E-state index in [0.717, 1.165) is 50.8 Å². The highest BCUT2D eigenvalue weighted by atomic mass is 35.5. The molecule has 21 heavy (non-hydrogen) atoms. The number of hydrogen-bond acceptors (Lipinski definition) is 3. The molecule has 1 aliphatic rings. The minimum atomic E-state index is 0.252. The van der Waals surface area contributed by atoms with Crippen molar-refractivity contribution in [1.82, 2.24) is 10.2 Å². The summed E-state index contributed by atoms with van der Waals surface area (Å²) in [5, 5.41) is 4.38. The van der Waals surface area contributed by atoms with Gasteiger partial charge in [-0.2, -0.15) is 0 Å². The predicted octanol–water partition coefficient (Wildman–Crippen LogP) is 3.18. The quantitative estimate of drug-likeness (QED) is 0.746. The fourth-order valence-corrected chi connectivity index (χ4v) is 3.29. The summed E-state index contributed by atoms with van der Waals surface area (Å²) < 4.78 is 5.67. The zero-order valence-corrected chi connectivity index (χ0v) is 14.0. The van der Waals surface area contributed by atoms with Gasteiger partial charge in [0.2, 0.25) is 0 Å². The Morgan fingerprint density at radius 2 is 2.29 bits per heavy atom. The molecular formula is C17H27ClN2O. The van der Waals surface area contributed by atoms with Gasteiger partial charge >= 0.3 is 0 Å². The lowest BCUT2D eigenvalue weighted by atomic mass is 9.86. The lowest BCUT2D eigenvalue weighted by Crippen LogP contribution is -2.43. The molecule has 0 amide bonds. The Labute approximate surface area is 133 Å². The van der Waals surface area contributed by atoms with E-state index in [-0.39, 0.29) is 5.41 Å². The van der Waals surface area contributed by atoms with Crippen LogP contribution >= 0.6 is 11.6 Å². The van der Waals surface area contributed by atoms with E-state index >= 15 is 0 Å². The predicted molar refractivity (Wildman–Crippen MR) is 88.8 cm³/mol. The SMILES string of the molecule is CCCNCC1(CN(C)Cc2cccc(Cl)c2)CCOC1. The van der Waals surface area contributed by atoms with Crippen LogP contribution in [0.2, 0.25) is 5.02 Å². The molecule has 1 aromatic rings. The highest BCUT2D eigenvalue weighted by Gasteiger charge is 2.35. The molecule has 3 nitrogen and oxygen atoms in total. The molecule has 0 spiro atoms. The molecule has 1 unspecified atom stereocenters. The van der Waals surface area contributed by atoms with Crippen molar-refractivity contribution in [2.75, 3.05) is 39.9 Å². The van der Waals surface area contributed by atoms with Gasteiger partial charge in [0.15, 0.2) is 0 Å². The second-order valence-electron chi connectivity index (χ2n) is 6.28. The summed E-state index contributed by atoms with van der Waals surface area (Å²) in [6.07, 6.45) is 2.32. The summed E-state index contributed by atoms with van der Waals surface area (Å²) >= 11 is 6.06. The molecule has 1 fully saturated rings. The maximum absolute atomic E-state index is 6.06. The zero-order chi connectivity index (χ0) is 15.1. The second kappa shape index (κ2) is 8.14. The molecule has 1 saturated heterocycles. The Morgan fingerprint density at radius 1 is 1.43 bits per heavy atom. The van der Waals surface area contributed by atoms with Crippen molar-refractivity contribution in [2.24, 2.45) is 5.41 Å². The van der Waals surface area contributed by atoms with E-state index < -0.39 is 0 Å². The first-order valence-corrected chi connectivity index (χ1v) is 8.23. The molecule has 1 aromatic carbocycles. The summed E-state index contributed by atoms with van der Waals surface area (Å²) in [6, 6.07) is 8.12. The van der Waals surface area contributed by atoms with Gasteiger partial charge in [-0.05, 0) is 44.1 Å². The van der Waals surface area contributed by atoms with Crippen LogP contribution in [0.4, 0.5) is 0 Å². The molecule has 0 radical (unpaired) electrons. The average Bonchev–Trinajstić information content (AvgIpc) is 2.87. The van der Waals surface area contributed by atoms with Crippen LogP contribution in [0, 0.1) is 5.41 Å². The van der Waals surface area contributed by atoms with Gasteiger partial charge in [-0.25, -0.2) is 0 Å². The van der Waals surface area contributed by atoms with Crippen molar-refractivity contribution in [3.8, 4) is 0 Å². The van der Waals surface area contributed by atoms with Crippen molar-refractivity contribution in [1.29, 1.82) is 0 Å². The molecular weight excluding hydrogens is 284 g/mol. The number of rotatable bonds is 8. The average molecular weight is 311 g/mol. The molecule has 0 saturated carbocycles. The van der Waals surface area contributed by atoms with Crippen molar-refractivity contribution >= 4 is 11.6 Å². The van der Waals surface area contributed by atoms with Gasteiger partial charge in [0.25, 0.3) is 0 Å². The molecule has 0 aromatic heterocycles. The lowest BCUT2D eigenvalue weighted by Gasteiger charge is -2.32. The van der Waals surface area contributed by atoms with Gasteiger partial charge in [-0.15, -0.1) is 0 Å². The van der Waals surface area contributed by atoms with Gasteiger partial charge in [-0.1, -0.05) is 30.7 Å². The minimum absolute atomic E-state index is 0.252. The third-order valence-electron chi connectivity index (χ3n) is 4.06. The highest BCUT2D eigenvalue weighted by Crippen LogP contribution is 2.29. The standard InChI is InChI=1S/C17H27ClN2O/c1-3-8-19-12-17(7-9-21-14-17)13-20(2)11-15-5-4-6-16(18)10-15/h4-6,10,19H,3,7-9,11-14H2,1-2H3. The summed E-state index contributed by atoms with van der Waals surface area (Å²) in [7, 11) is 2.18. The van der Waals surface area contributed by atoms with Crippen LogP contribution in [0.3, 0.4) is 0 Å². The van der Waals surface area contributed by atoms with Gasteiger partial charge in [-0.3, -0.25) is 0 Å². The van der Waals surface area contributed by atoms with Crippen molar-refractivity contribution in [3.05, 3.63) is 34.9 Å². The lowest BCUT2D eigenvalue weighted by molar-refractivity contribution is 0.116. The summed E-state index contributed by atoms with van der Waals surface area (Å²) in [5.74, 6) is 0. The van der Waals surface area contributed by atoms with Crippen LogP contribution in [-0.4, -0.2) is 44.8 Å². The summed E-state index contributed by atoms with van der Waals surface area (Å²) in [5.41, 5.74) is 1.52. The molecule has 4 heteroatoms. The van der Waals surface area contributed by atoms with E-state index in [4.69, 9.17) is 16.3 Å². The Morgan fingerprint density at radius 3 is 2.95 bits per heavy atom. The molecule has 1 aliphatic heterocycles. The van der Waals surface area contributed by atoms with E-state index in [9.17, 15) is 0 Å². The van der Waals surface area contributed by atoms with Gasteiger partial charge in [0, 0.05) is 36.7 Å². The minimum Gasteiger partial charge on any atom is -0.381 e. The van der Waals surface area contributed by atoms with Crippen molar-refractivity contribution in [2.45, 2.75) is 26.3 Å². The molecule has 0 aliphatic carbocycles. The van der Waals surface area contributed by atoms with Crippen LogP contribution in [0.5, 0.6) is 0 Å². The van der Waals surface area contributed by atoms with E-state index in [2.05, 4.69) is 30.3 Å². The van der Waals surface area contributed by atoms with E-state index in [1.807, 2.05) is 18.2 Å². The molecule has 118 valence electrons. The highest BCUT2D eigenvalue weighted by molar-refractivity contribution is 6.30. The summed E-state index contributed by atoms with van der Waals surface area (Å²) in [4.78, 5) is 2.38. The zero-order valence-electron chi connectivity index (χ0n) is 13.2. The molecule has 0 bridgehead atoms. The largest absolute Gasteiger partial charge is 0.381 e.